The third-order valence-electron chi connectivity index (χ3n) is 13.8. The van der Waals surface area contributed by atoms with Crippen molar-refractivity contribution in [3.63, 3.8) is 0 Å². The summed E-state index contributed by atoms with van der Waals surface area (Å²) in [4.78, 5) is 35.9. The molecule has 0 heterocycles. The summed E-state index contributed by atoms with van der Waals surface area (Å²) in [6.45, 7) is 9.48. The predicted molar refractivity (Wildman–Crippen MR) is 196 cm³/mol. The standard InChI is InChI=1S/C42H57NO9/c1-5-50-40(49)52-30-12-10-26(11-13-30)27-7-6-8-28(21-27)39(48)43-19-20-51-31-17-18-41(3)29(22-31)23-35(44)38-33-15-14-32(25(2)9-16-37(46)47)42(33,4)36(45)24-34(38)41/h6-8,10-13,21,25,29,31-36,38,44-45H,5,9,14-20,22-24H2,1-4H3,(H,43,48)(H,46,47). The normalized spacial score (nSPS) is 34.3. The van der Waals surface area contributed by atoms with Gasteiger partial charge in [-0.1, -0.05) is 45.0 Å². The average Bonchev–Trinajstić information content (AvgIpc) is 3.48. The first-order valence-electron chi connectivity index (χ1n) is 19.4. The summed E-state index contributed by atoms with van der Waals surface area (Å²) in [5, 5.41) is 35.9. The molecule has 2 aromatic carbocycles. The van der Waals surface area contributed by atoms with E-state index in [1.807, 2.05) is 30.3 Å². The smallest absolute Gasteiger partial charge is 0.481 e. The number of benzene rings is 2. The summed E-state index contributed by atoms with van der Waals surface area (Å²) in [6, 6.07) is 14.4. The third kappa shape index (κ3) is 7.62. The SMILES string of the molecule is CCOC(=O)Oc1ccc(-c2cccc(C(=O)NCCOC3CCC4(C)C(C3)CC(O)C3C4CC(O)C4(C)C(C(C)CCC(=O)O)CCC34)c2)cc1. The Hall–Kier alpha value is -3.47. The highest BCUT2D eigenvalue weighted by molar-refractivity contribution is 5.95. The number of hydrogen-bond donors (Lipinski definition) is 4. The number of fused-ring (bicyclic) bond motifs is 5. The molecule has 11 atom stereocenters. The van der Waals surface area contributed by atoms with Gasteiger partial charge in [-0.05, 0) is 140 Å². The molecule has 0 aromatic heterocycles. The first-order valence-corrected chi connectivity index (χ1v) is 19.4. The van der Waals surface area contributed by atoms with Gasteiger partial charge in [0.2, 0.25) is 0 Å². The van der Waals surface area contributed by atoms with Gasteiger partial charge in [-0.15, -0.1) is 0 Å². The molecule has 6 rings (SSSR count). The van der Waals surface area contributed by atoms with Gasteiger partial charge in [-0.25, -0.2) is 4.79 Å². The highest BCUT2D eigenvalue weighted by Gasteiger charge is 2.65. The number of nitrogens with one attached hydrogen (secondary N) is 1. The Balaban J connectivity index is 1.00. The number of rotatable bonds is 12. The quantitative estimate of drug-likeness (QED) is 0.102. The van der Waals surface area contributed by atoms with Crippen LogP contribution >= 0.6 is 0 Å². The molecule has 284 valence electrons. The van der Waals surface area contributed by atoms with Crippen LogP contribution in [0, 0.1) is 46.3 Å². The van der Waals surface area contributed by atoms with E-state index >= 15 is 0 Å². The second-order valence-electron chi connectivity index (χ2n) is 16.4. The van der Waals surface area contributed by atoms with E-state index in [0.717, 1.165) is 49.7 Å². The van der Waals surface area contributed by atoms with Crippen molar-refractivity contribution in [3.05, 3.63) is 54.1 Å². The van der Waals surface area contributed by atoms with E-state index in [-0.39, 0.29) is 65.5 Å². The largest absolute Gasteiger partial charge is 0.513 e. The number of ether oxygens (including phenoxy) is 3. The molecule has 10 heteroatoms. The van der Waals surface area contributed by atoms with Crippen molar-refractivity contribution < 1.29 is 43.9 Å². The number of carbonyl (C=O) groups is 3. The van der Waals surface area contributed by atoms with Crippen LogP contribution in [-0.2, 0) is 14.3 Å². The lowest BCUT2D eigenvalue weighted by atomic mass is 9.43. The highest BCUT2D eigenvalue weighted by Crippen LogP contribution is 2.68. The first kappa shape index (κ1) is 38.3. The second-order valence-corrected chi connectivity index (χ2v) is 16.4. The second kappa shape index (κ2) is 15.9. The van der Waals surface area contributed by atoms with Gasteiger partial charge < -0.3 is 34.8 Å². The maximum Gasteiger partial charge on any atom is 0.513 e. The Labute approximate surface area is 307 Å². The van der Waals surface area contributed by atoms with Crippen LogP contribution in [0.4, 0.5) is 4.79 Å². The van der Waals surface area contributed by atoms with Gasteiger partial charge in [0.1, 0.15) is 5.75 Å². The van der Waals surface area contributed by atoms with Crippen LogP contribution in [0.1, 0.15) is 95.8 Å². The Kier molecular flexibility index (Phi) is 11.7. The molecule has 52 heavy (non-hydrogen) atoms. The summed E-state index contributed by atoms with van der Waals surface area (Å²) in [5.41, 5.74) is 2.00. The molecule has 4 fully saturated rings. The summed E-state index contributed by atoms with van der Waals surface area (Å²) in [6.07, 6.45) is 5.37. The van der Waals surface area contributed by atoms with Gasteiger partial charge >= 0.3 is 12.1 Å². The number of hydrogen-bond acceptors (Lipinski definition) is 8. The predicted octanol–water partition coefficient (Wildman–Crippen LogP) is 7.11. The minimum absolute atomic E-state index is 0.0204. The third-order valence-corrected chi connectivity index (χ3v) is 13.8. The number of aliphatic hydroxyl groups is 2. The number of aliphatic carboxylic acids is 1. The van der Waals surface area contributed by atoms with Crippen LogP contribution < -0.4 is 10.1 Å². The van der Waals surface area contributed by atoms with E-state index in [0.29, 0.717) is 43.2 Å². The van der Waals surface area contributed by atoms with Crippen molar-refractivity contribution in [2.24, 2.45) is 46.3 Å². The highest BCUT2D eigenvalue weighted by atomic mass is 16.7. The lowest BCUT2D eigenvalue weighted by molar-refractivity contribution is -0.209. The maximum atomic E-state index is 13.1. The Morgan fingerprint density at radius 3 is 2.46 bits per heavy atom. The van der Waals surface area contributed by atoms with E-state index < -0.39 is 24.3 Å². The molecule has 0 bridgehead atoms. The van der Waals surface area contributed by atoms with Crippen molar-refractivity contribution in [1.29, 1.82) is 0 Å². The Bertz CT molecular complexity index is 1580. The summed E-state index contributed by atoms with van der Waals surface area (Å²) in [5.74, 6) is 0.842. The minimum Gasteiger partial charge on any atom is -0.481 e. The van der Waals surface area contributed by atoms with E-state index in [2.05, 4.69) is 26.1 Å². The van der Waals surface area contributed by atoms with Crippen molar-refractivity contribution in [1.82, 2.24) is 5.32 Å². The minimum atomic E-state index is -0.769. The summed E-state index contributed by atoms with van der Waals surface area (Å²) < 4.78 is 16.3. The zero-order valence-corrected chi connectivity index (χ0v) is 31.1. The van der Waals surface area contributed by atoms with Gasteiger partial charge in [0, 0.05) is 18.5 Å². The van der Waals surface area contributed by atoms with Gasteiger partial charge in [-0.2, -0.15) is 0 Å². The monoisotopic (exact) mass is 719 g/mol. The topological polar surface area (TPSA) is 152 Å². The van der Waals surface area contributed by atoms with Crippen molar-refractivity contribution in [3.8, 4) is 16.9 Å². The van der Waals surface area contributed by atoms with Gasteiger partial charge in [0.25, 0.3) is 5.91 Å². The molecule has 4 aliphatic carbocycles. The van der Waals surface area contributed by atoms with E-state index in [9.17, 15) is 29.7 Å². The van der Waals surface area contributed by atoms with Gasteiger partial charge in [0.15, 0.2) is 0 Å². The summed E-state index contributed by atoms with van der Waals surface area (Å²) >= 11 is 0. The molecule has 1 amide bonds. The number of carbonyl (C=O) groups excluding carboxylic acids is 2. The molecule has 0 spiro atoms. The zero-order chi connectivity index (χ0) is 37.2. The van der Waals surface area contributed by atoms with E-state index in [4.69, 9.17) is 14.2 Å². The molecular formula is C42H57NO9. The molecule has 4 aliphatic rings. The Morgan fingerprint density at radius 1 is 0.962 bits per heavy atom. The molecule has 2 aromatic rings. The van der Waals surface area contributed by atoms with Crippen LogP contribution in [0.3, 0.4) is 0 Å². The van der Waals surface area contributed by atoms with Crippen LogP contribution in [-0.4, -0.2) is 71.4 Å². The molecule has 11 unspecified atom stereocenters. The fourth-order valence-electron chi connectivity index (χ4n) is 11.1. The zero-order valence-electron chi connectivity index (χ0n) is 31.1. The Morgan fingerprint density at radius 2 is 1.73 bits per heavy atom. The molecule has 4 N–H and O–H groups in total. The first-order chi connectivity index (χ1) is 24.8. The molecule has 0 aliphatic heterocycles. The van der Waals surface area contributed by atoms with Crippen LogP contribution in [0.15, 0.2) is 48.5 Å². The number of carboxylic acids is 1. The lowest BCUT2D eigenvalue weighted by Crippen LogP contribution is -2.62. The molecule has 0 radical (unpaired) electrons. The van der Waals surface area contributed by atoms with E-state index in [1.54, 1.807) is 25.1 Å². The lowest BCUT2D eigenvalue weighted by Gasteiger charge is -2.63. The number of aliphatic hydroxyl groups excluding tert-OH is 2. The van der Waals surface area contributed by atoms with Gasteiger partial charge in [-0.3, -0.25) is 9.59 Å². The molecule has 0 saturated heterocycles. The van der Waals surface area contributed by atoms with Crippen LogP contribution in [0.5, 0.6) is 5.75 Å². The van der Waals surface area contributed by atoms with Crippen molar-refractivity contribution in [2.75, 3.05) is 19.8 Å². The molecule has 10 nitrogen and oxygen atoms in total. The molecule has 4 saturated carbocycles. The fraction of sp³-hybridized carbons (Fsp3) is 0.643. The molecular weight excluding hydrogens is 662 g/mol. The summed E-state index contributed by atoms with van der Waals surface area (Å²) in [7, 11) is 0. The van der Waals surface area contributed by atoms with Crippen molar-refractivity contribution >= 4 is 18.0 Å². The van der Waals surface area contributed by atoms with Crippen LogP contribution in [0.2, 0.25) is 0 Å². The van der Waals surface area contributed by atoms with Crippen molar-refractivity contribution in [2.45, 2.75) is 104 Å². The van der Waals surface area contributed by atoms with Crippen LogP contribution in [0.25, 0.3) is 11.1 Å². The van der Waals surface area contributed by atoms with Gasteiger partial charge in [0.05, 0.1) is 31.5 Å². The number of amides is 1. The van der Waals surface area contributed by atoms with E-state index in [1.165, 1.54) is 0 Å². The fourth-order valence-corrected chi connectivity index (χ4v) is 11.1. The maximum absolute atomic E-state index is 13.1. The average molecular weight is 720 g/mol. The number of carboxylic acid groups (broad SMARTS) is 1.